The second kappa shape index (κ2) is 10.7. The van der Waals surface area contributed by atoms with Gasteiger partial charge in [-0.1, -0.05) is 0 Å². The quantitative estimate of drug-likeness (QED) is 0.310. The molecule has 0 spiro atoms. The summed E-state index contributed by atoms with van der Waals surface area (Å²) in [5.41, 5.74) is 0.565. The van der Waals surface area contributed by atoms with Gasteiger partial charge in [-0.25, -0.2) is 0 Å². The molecule has 3 aliphatic carbocycles. The van der Waals surface area contributed by atoms with E-state index in [1.165, 1.54) is 12.8 Å². The average molecular weight is 456 g/mol. The number of carbonyl (C=O) groups is 3. The summed E-state index contributed by atoms with van der Waals surface area (Å²) in [6, 6.07) is 7.33. The third-order valence-electron chi connectivity index (χ3n) is 7.86. The van der Waals surface area contributed by atoms with Gasteiger partial charge in [0.2, 0.25) is 5.91 Å². The molecule has 0 heterocycles. The lowest BCUT2D eigenvalue weighted by Gasteiger charge is -2.27. The van der Waals surface area contributed by atoms with Gasteiger partial charge in [-0.15, -0.1) is 0 Å². The van der Waals surface area contributed by atoms with E-state index in [4.69, 9.17) is 9.47 Å². The van der Waals surface area contributed by atoms with Crippen molar-refractivity contribution in [2.24, 2.45) is 17.3 Å². The number of esters is 1. The number of hydrogen-bond acceptors (Lipinski definition) is 5. The SMILES string of the molecule is CCOC(=O)C1CCC(Oc2ccc(C(=O)CCCNC(=O)C34CCC(CC3)C4)cc2)CC1. The van der Waals surface area contributed by atoms with Crippen LogP contribution in [-0.4, -0.2) is 36.9 Å². The molecule has 1 N–H and O–H groups in total. The van der Waals surface area contributed by atoms with Gasteiger partial charge in [0.15, 0.2) is 5.78 Å². The van der Waals surface area contributed by atoms with Crippen molar-refractivity contribution < 1.29 is 23.9 Å². The van der Waals surface area contributed by atoms with Crippen molar-refractivity contribution in [3.05, 3.63) is 29.8 Å². The molecule has 0 radical (unpaired) electrons. The van der Waals surface area contributed by atoms with Crippen LogP contribution in [0.3, 0.4) is 0 Å². The van der Waals surface area contributed by atoms with Crippen LogP contribution in [-0.2, 0) is 14.3 Å². The van der Waals surface area contributed by atoms with Crippen molar-refractivity contribution in [1.82, 2.24) is 5.32 Å². The molecule has 3 saturated carbocycles. The highest BCUT2D eigenvalue weighted by Crippen LogP contribution is 2.54. The number of benzene rings is 1. The summed E-state index contributed by atoms with van der Waals surface area (Å²) in [6.07, 6.45) is 9.93. The molecule has 1 aromatic carbocycles. The van der Waals surface area contributed by atoms with E-state index in [1.807, 2.05) is 31.2 Å². The molecule has 0 atom stereocenters. The van der Waals surface area contributed by atoms with Crippen molar-refractivity contribution in [3.8, 4) is 5.75 Å². The highest BCUT2D eigenvalue weighted by atomic mass is 16.5. The Morgan fingerprint density at radius 1 is 1.00 bits per heavy atom. The Labute approximate surface area is 196 Å². The normalized spacial score (nSPS) is 28.3. The minimum absolute atomic E-state index is 0.0116. The number of carbonyl (C=O) groups excluding carboxylic acids is 3. The van der Waals surface area contributed by atoms with Crippen LogP contribution < -0.4 is 10.1 Å². The van der Waals surface area contributed by atoms with Gasteiger partial charge in [-0.05, 0) is 101 Å². The van der Waals surface area contributed by atoms with Crippen LogP contribution in [0.1, 0.15) is 87.9 Å². The summed E-state index contributed by atoms with van der Waals surface area (Å²) in [5, 5.41) is 3.08. The largest absolute Gasteiger partial charge is 0.490 e. The molecule has 3 fully saturated rings. The van der Waals surface area contributed by atoms with E-state index in [-0.39, 0.29) is 35.1 Å². The second-order valence-corrected chi connectivity index (χ2v) is 10.1. The number of rotatable bonds is 10. The Bertz CT molecular complexity index is 833. The molecule has 2 bridgehead atoms. The zero-order valence-corrected chi connectivity index (χ0v) is 19.8. The third kappa shape index (κ3) is 5.77. The fraction of sp³-hybridized carbons (Fsp3) is 0.667. The summed E-state index contributed by atoms with van der Waals surface area (Å²) in [5.74, 6) is 1.69. The first-order valence-corrected chi connectivity index (χ1v) is 12.7. The van der Waals surface area contributed by atoms with Crippen LogP contribution in [0.5, 0.6) is 5.75 Å². The van der Waals surface area contributed by atoms with E-state index in [2.05, 4.69) is 5.32 Å². The Balaban J connectivity index is 1.15. The molecule has 1 aromatic rings. The zero-order valence-electron chi connectivity index (χ0n) is 19.8. The maximum atomic E-state index is 12.6. The molecule has 0 aromatic heterocycles. The lowest BCUT2D eigenvalue weighted by atomic mass is 9.83. The number of nitrogens with one attached hydrogen (secondary N) is 1. The van der Waals surface area contributed by atoms with E-state index in [9.17, 15) is 14.4 Å². The molecule has 1 amide bonds. The minimum atomic E-state index is -0.109. The fourth-order valence-corrected chi connectivity index (χ4v) is 5.88. The van der Waals surface area contributed by atoms with Gasteiger partial charge < -0.3 is 14.8 Å². The highest BCUT2D eigenvalue weighted by Gasteiger charge is 2.49. The summed E-state index contributed by atoms with van der Waals surface area (Å²) in [4.78, 5) is 37.0. The summed E-state index contributed by atoms with van der Waals surface area (Å²) >= 11 is 0. The van der Waals surface area contributed by atoms with Crippen molar-refractivity contribution in [2.45, 2.75) is 83.7 Å². The number of hydrogen-bond donors (Lipinski definition) is 1. The number of ketones is 1. The summed E-state index contributed by atoms with van der Waals surface area (Å²) < 4.78 is 11.2. The number of fused-ring (bicyclic) bond motifs is 2. The van der Waals surface area contributed by atoms with Crippen LogP contribution in [0.4, 0.5) is 0 Å². The van der Waals surface area contributed by atoms with Crippen molar-refractivity contribution in [1.29, 1.82) is 0 Å². The van der Waals surface area contributed by atoms with Crippen molar-refractivity contribution >= 4 is 17.7 Å². The van der Waals surface area contributed by atoms with E-state index in [1.54, 1.807) is 0 Å². The van der Waals surface area contributed by atoms with Gasteiger partial charge in [-0.3, -0.25) is 14.4 Å². The Hall–Kier alpha value is -2.37. The Kier molecular flexibility index (Phi) is 7.71. The van der Waals surface area contributed by atoms with E-state index in [0.717, 1.165) is 56.6 Å². The van der Waals surface area contributed by atoms with E-state index < -0.39 is 0 Å². The summed E-state index contributed by atoms with van der Waals surface area (Å²) in [7, 11) is 0. The van der Waals surface area contributed by atoms with Crippen LogP contribution in [0.15, 0.2) is 24.3 Å². The average Bonchev–Trinajstić information content (AvgIpc) is 3.45. The van der Waals surface area contributed by atoms with Crippen LogP contribution in [0, 0.1) is 17.3 Å². The molecular formula is C27H37NO5. The molecular weight excluding hydrogens is 418 g/mol. The lowest BCUT2D eigenvalue weighted by molar-refractivity contribution is -0.149. The number of Topliss-reactive ketones (excluding diaryl/α,β-unsaturated/α-hetero) is 1. The highest BCUT2D eigenvalue weighted by molar-refractivity contribution is 5.96. The van der Waals surface area contributed by atoms with Crippen LogP contribution in [0.2, 0.25) is 0 Å². The molecule has 0 unspecified atom stereocenters. The first kappa shape index (κ1) is 23.8. The number of ether oxygens (including phenoxy) is 2. The Morgan fingerprint density at radius 3 is 2.30 bits per heavy atom. The van der Waals surface area contributed by atoms with Gasteiger partial charge >= 0.3 is 5.97 Å². The molecule has 0 aliphatic heterocycles. The maximum Gasteiger partial charge on any atom is 0.308 e. The van der Waals surface area contributed by atoms with Gasteiger partial charge in [0.05, 0.1) is 18.6 Å². The van der Waals surface area contributed by atoms with Gasteiger partial charge in [-0.2, -0.15) is 0 Å². The lowest BCUT2D eigenvalue weighted by Crippen LogP contribution is -2.38. The molecule has 33 heavy (non-hydrogen) atoms. The maximum absolute atomic E-state index is 12.6. The van der Waals surface area contributed by atoms with Gasteiger partial charge in [0.1, 0.15) is 5.75 Å². The summed E-state index contributed by atoms with van der Waals surface area (Å²) in [6.45, 7) is 2.82. The molecule has 6 heteroatoms. The first-order chi connectivity index (χ1) is 16.0. The van der Waals surface area contributed by atoms with Gasteiger partial charge in [0, 0.05) is 23.9 Å². The van der Waals surface area contributed by atoms with Crippen LogP contribution >= 0.6 is 0 Å². The first-order valence-electron chi connectivity index (χ1n) is 12.7. The molecule has 180 valence electrons. The molecule has 4 rings (SSSR count). The molecule has 6 nitrogen and oxygen atoms in total. The monoisotopic (exact) mass is 455 g/mol. The smallest absolute Gasteiger partial charge is 0.308 e. The fourth-order valence-electron chi connectivity index (χ4n) is 5.88. The minimum Gasteiger partial charge on any atom is -0.490 e. The standard InChI is InChI=1S/C27H37NO5/c1-2-32-25(30)21-7-11-23(12-8-21)33-22-9-5-20(6-10-22)24(29)4-3-17-28-26(31)27-15-13-19(18-27)14-16-27/h5-6,9-10,19,21,23H,2-4,7-8,11-18H2,1H3,(H,28,31). The predicted molar refractivity (Wildman–Crippen MR) is 125 cm³/mol. The molecule has 0 saturated heterocycles. The zero-order chi connectivity index (χ0) is 23.3. The van der Waals surface area contributed by atoms with E-state index >= 15 is 0 Å². The molecule has 3 aliphatic rings. The third-order valence-corrected chi connectivity index (χ3v) is 7.86. The van der Waals surface area contributed by atoms with Gasteiger partial charge in [0.25, 0.3) is 0 Å². The van der Waals surface area contributed by atoms with E-state index in [0.29, 0.717) is 31.6 Å². The second-order valence-electron chi connectivity index (χ2n) is 10.1. The van der Waals surface area contributed by atoms with Crippen molar-refractivity contribution in [3.63, 3.8) is 0 Å². The predicted octanol–water partition coefficient (Wildman–Crippen LogP) is 4.85. The van der Waals surface area contributed by atoms with Crippen LogP contribution in [0.25, 0.3) is 0 Å². The Morgan fingerprint density at radius 2 is 1.70 bits per heavy atom. The number of amides is 1. The topological polar surface area (TPSA) is 81.7 Å². The van der Waals surface area contributed by atoms with Crippen molar-refractivity contribution in [2.75, 3.05) is 13.2 Å².